The zero-order chi connectivity index (χ0) is 20.6. The highest BCUT2D eigenvalue weighted by Gasteiger charge is 2.60. The van der Waals surface area contributed by atoms with Crippen molar-refractivity contribution in [1.29, 1.82) is 0 Å². The standard InChI is InChI=1S/C23H33F3N2O/c1-21-9-7-14(29)11-13(21)3-4-15-16-5-6-18(22(16,2)10-8-17(15)21)19-12-20(28-27-19)23(24,25)26/h12-18,29H,3-11H2,1-2H3,(H,27,28)/t13-,14+,15+,16-,17-,18-,21+,22-/m0/s1. The summed E-state index contributed by atoms with van der Waals surface area (Å²) in [5.74, 6) is 2.76. The van der Waals surface area contributed by atoms with Crippen molar-refractivity contribution in [3.05, 3.63) is 17.5 Å². The molecule has 0 radical (unpaired) electrons. The molecule has 4 aliphatic carbocycles. The maximum Gasteiger partial charge on any atom is 0.435 e. The fourth-order valence-corrected chi connectivity index (χ4v) is 8.41. The van der Waals surface area contributed by atoms with Crippen molar-refractivity contribution in [2.24, 2.45) is 34.5 Å². The Hall–Kier alpha value is -1.04. The number of aliphatic hydroxyl groups excluding tert-OH is 1. The Morgan fingerprint density at radius 2 is 1.72 bits per heavy atom. The van der Waals surface area contributed by atoms with Crippen LogP contribution in [0.5, 0.6) is 0 Å². The van der Waals surface area contributed by atoms with Gasteiger partial charge in [0, 0.05) is 11.6 Å². The van der Waals surface area contributed by atoms with Gasteiger partial charge < -0.3 is 5.11 Å². The van der Waals surface area contributed by atoms with Crippen molar-refractivity contribution in [3.63, 3.8) is 0 Å². The zero-order valence-electron chi connectivity index (χ0n) is 17.4. The normalized spacial score (nSPS) is 47.4. The highest BCUT2D eigenvalue weighted by molar-refractivity contribution is 5.22. The van der Waals surface area contributed by atoms with Crippen LogP contribution in [0.15, 0.2) is 6.07 Å². The Labute approximate surface area is 170 Å². The summed E-state index contributed by atoms with van der Waals surface area (Å²) in [4.78, 5) is 0. The van der Waals surface area contributed by atoms with Gasteiger partial charge in [-0.1, -0.05) is 13.8 Å². The number of alkyl halides is 3. The minimum Gasteiger partial charge on any atom is -0.393 e. The fraction of sp³-hybridized carbons (Fsp3) is 0.870. The van der Waals surface area contributed by atoms with Crippen LogP contribution in [0.2, 0.25) is 0 Å². The molecule has 0 unspecified atom stereocenters. The second-order valence-corrected chi connectivity index (χ2v) is 11.0. The number of nitrogens with zero attached hydrogens (tertiary/aromatic N) is 1. The smallest absolute Gasteiger partial charge is 0.393 e. The summed E-state index contributed by atoms with van der Waals surface area (Å²) in [6, 6.07) is 1.26. The maximum atomic E-state index is 13.1. The molecule has 4 aliphatic rings. The molecule has 1 aromatic heterocycles. The molecule has 5 rings (SSSR count). The Kier molecular flexibility index (Phi) is 4.44. The first-order valence-corrected chi connectivity index (χ1v) is 11.4. The number of aromatic amines is 1. The molecule has 6 heteroatoms. The van der Waals surface area contributed by atoms with E-state index < -0.39 is 11.9 Å². The molecule has 0 bridgehead atoms. The minimum atomic E-state index is -4.39. The van der Waals surface area contributed by atoms with Crippen molar-refractivity contribution in [3.8, 4) is 0 Å². The Bertz CT molecular complexity index is 776. The van der Waals surface area contributed by atoms with Crippen LogP contribution in [-0.2, 0) is 6.18 Å². The van der Waals surface area contributed by atoms with E-state index in [0.717, 1.165) is 38.5 Å². The Balaban J connectivity index is 1.40. The van der Waals surface area contributed by atoms with Gasteiger partial charge in [0.25, 0.3) is 0 Å². The monoisotopic (exact) mass is 410 g/mol. The topological polar surface area (TPSA) is 48.9 Å². The van der Waals surface area contributed by atoms with Gasteiger partial charge in [-0.15, -0.1) is 0 Å². The molecule has 8 atom stereocenters. The van der Waals surface area contributed by atoms with Crippen LogP contribution in [0.1, 0.15) is 88.9 Å². The van der Waals surface area contributed by atoms with Crippen LogP contribution >= 0.6 is 0 Å². The number of aromatic nitrogens is 2. The van der Waals surface area contributed by atoms with E-state index in [2.05, 4.69) is 24.0 Å². The first-order valence-electron chi connectivity index (χ1n) is 11.4. The molecule has 1 aromatic rings. The Morgan fingerprint density at radius 3 is 2.45 bits per heavy atom. The number of H-pyrrole nitrogens is 1. The second-order valence-electron chi connectivity index (χ2n) is 11.0. The predicted octanol–water partition coefficient (Wildman–Crippen LogP) is 5.92. The molecule has 0 spiro atoms. The van der Waals surface area contributed by atoms with Crippen molar-refractivity contribution >= 4 is 0 Å². The molecule has 3 nitrogen and oxygen atoms in total. The van der Waals surface area contributed by atoms with Gasteiger partial charge in [0.05, 0.1) is 6.10 Å². The van der Waals surface area contributed by atoms with Crippen LogP contribution in [0.25, 0.3) is 0 Å². The average Bonchev–Trinajstić information content (AvgIpc) is 3.26. The number of halogens is 3. The van der Waals surface area contributed by atoms with E-state index in [0.29, 0.717) is 34.8 Å². The average molecular weight is 411 g/mol. The third-order valence-corrected chi connectivity index (χ3v) is 9.90. The van der Waals surface area contributed by atoms with E-state index in [1.54, 1.807) is 0 Å². The summed E-state index contributed by atoms with van der Waals surface area (Å²) in [6.07, 6.45) is 5.27. The fourth-order valence-electron chi connectivity index (χ4n) is 8.41. The van der Waals surface area contributed by atoms with Crippen molar-refractivity contribution < 1.29 is 18.3 Å². The van der Waals surface area contributed by atoms with Crippen LogP contribution in [0.4, 0.5) is 13.2 Å². The lowest BCUT2D eigenvalue weighted by atomic mass is 9.44. The van der Waals surface area contributed by atoms with Gasteiger partial charge in [-0.3, -0.25) is 5.10 Å². The number of nitrogens with one attached hydrogen (secondary N) is 1. The van der Waals surface area contributed by atoms with Gasteiger partial charge in [-0.05, 0) is 98.4 Å². The van der Waals surface area contributed by atoms with Gasteiger partial charge in [0.1, 0.15) is 0 Å². The third-order valence-electron chi connectivity index (χ3n) is 9.90. The first kappa shape index (κ1) is 19.9. The summed E-state index contributed by atoms with van der Waals surface area (Å²) < 4.78 is 39.2. The number of aliphatic hydroxyl groups is 1. The van der Waals surface area contributed by atoms with E-state index in [-0.39, 0.29) is 17.4 Å². The van der Waals surface area contributed by atoms with Gasteiger partial charge in [0.15, 0.2) is 5.69 Å². The largest absolute Gasteiger partial charge is 0.435 e. The number of rotatable bonds is 1. The maximum absolute atomic E-state index is 13.1. The lowest BCUT2D eigenvalue weighted by Gasteiger charge is -2.61. The van der Waals surface area contributed by atoms with Crippen molar-refractivity contribution in [2.75, 3.05) is 0 Å². The summed E-state index contributed by atoms with van der Waals surface area (Å²) in [7, 11) is 0. The Morgan fingerprint density at radius 1 is 1.00 bits per heavy atom. The molecule has 162 valence electrons. The molecule has 4 saturated carbocycles. The van der Waals surface area contributed by atoms with E-state index in [9.17, 15) is 18.3 Å². The second kappa shape index (κ2) is 6.48. The van der Waals surface area contributed by atoms with Crippen LogP contribution in [0, 0.1) is 34.5 Å². The molecule has 0 aliphatic heterocycles. The van der Waals surface area contributed by atoms with Crippen LogP contribution in [0.3, 0.4) is 0 Å². The molecule has 0 aromatic carbocycles. The number of hydrogen-bond donors (Lipinski definition) is 2. The quantitative estimate of drug-likeness (QED) is 0.604. The lowest BCUT2D eigenvalue weighted by Crippen LogP contribution is -2.53. The SMILES string of the molecule is C[C@@]12CC[C@@H](O)C[C@@H]1CC[C@H]1[C@@H]2CC[C@]2(C)[C@H](c3cc(C(F)(F)F)n[nH]3)CC[C@@H]12. The highest BCUT2D eigenvalue weighted by Crippen LogP contribution is 2.68. The summed E-state index contributed by atoms with van der Waals surface area (Å²) in [6.45, 7) is 4.80. The van der Waals surface area contributed by atoms with Gasteiger partial charge in [-0.2, -0.15) is 18.3 Å². The van der Waals surface area contributed by atoms with Gasteiger partial charge in [-0.25, -0.2) is 0 Å². The van der Waals surface area contributed by atoms with Crippen LogP contribution in [-0.4, -0.2) is 21.4 Å². The lowest BCUT2D eigenvalue weighted by molar-refractivity contribution is -0.141. The molecule has 0 saturated heterocycles. The summed E-state index contributed by atoms with van der Waals surface area (Å²) in [5.41, 5.74) is 0.288. The highest BCUT2D eigenvalue weighted by atomic mass is 19.4. The molecule has 2 N–H and O–H groups in total. The van der Waals surface area contributed by atoms with Gasteiger partial charge >= 0.3 is 6.18 Å². The first-order chi connectivity index (χ1) is 13.6. The van der Waals surface area contributed by atoms with E-state index in [1.165, 1.54) is 25.3 Å². The molecule has 4 fully saturated rings. The molecule has 29 heavy (non-hydrogen) atoms. The number of fused-ring (bicyclic) bond motifs is 5. The molecule has 0 amide bonds. The van der Waals surface area contributed by atoms with Gasteiger partial charge in [0.2, 0.25) is 0 Å². The third kappa shape index (κ3) is 2.91. The predicted molar refractivity (Wildman–Crippen MR) is 104 cm³/mol. The van der Waals surface area contributed by atoms with Crippen molar-refractivity contribution in [2.45, 2.75) is 89.8 Å². The zero-order valence-corrected chi connectivity index (χ0v) is 17.4. The van der Waals surface area contributed by atoms with Crippen LogP contribution < -0.4 is 0 Å². The molecular formula is C23H33F3N2O. The number of hydrogen-bond acceptors (Lipinski definition) is 2. The summed E-state index contributed by atoms with van der Waals surface area (Å²) >= 11 is 0. The molecular weight excluding hydrogens is 377 g/mol. The van der Waals surface area contributed by atoms with E-state index >= 15 is 0 Å². The molecule has 1 heterocycles. The van der Waals surface area contributed by atoms with E-state index in [1.807, 2.05) is 0 Å². The van der Waals surface area contributed by atoms with E-state index in [4.69, 9.17) is 0 Å². The van der Waals surface area contributed by atoms with Crippen molar-refractivity contribution in [1.82, 2.24) is 10.2 Å². The minimum absolute atomic E-state index is 0.0634. The summed E-state index contributed by atoms with van der Waals surface area (Å²) in [5, 5.41) is 16.5.